The molecule has 2 aromatic carbocycles. The number of benzene rings is 2. The van der Waals surface area contributed by atoms with Crippen LogP contribution < -0.4 is 15.3 Å². The summed E-state index contributed by atoms with van der Waals surface area (Å²) in [4.78, 5) is 13.8. The van der Waals surface area contributed by atoms with Gasteiger partial charge in [-0.05, 0) is 42.5 Å². The molecule has 0 fully saturated rings. The number of hydrogen-bond acceptors (Lipinski definition) is 3. The average Bonchev–Trinajstić information content (AvgIpc) is 3.19. The second kappa shape index (κ2) is 6.54. The molecule has 0 saturated carbocycles. The molecule has 1 aliphatic carbocycles. The summed E-state index contributed by atoms with van der Waals surface area (Å²) in [6.45, 7) is 4.71. The molecule has 3 aromatic rings. The zero-order valence-electron chi connectivity index (χ0n) is 15.6. The molecule has 2 atom stereocenters. The van der Waals surface area contributed by atoms with Crippen molar-refractivity contribution < 1.29 is 14.1 Å². The van der Waals surface area contributed by atoms with E-state index in [0.717, 1.165) is 60.2 Å². The molecule has 0 amide bonds. The minimum atomic E-state index is -0.159. The Hall–Kier alpha value is -2.59. The second-order valence-corrected chi connectivity index (χ2v) is 7.85. The first-order valence-electron chi connectivity index (χ1n) is 9.82. The van der Waals surface area contributed by atoms with E-state index in [2.05, 4.69) is 43.3 Å². The fraction of sp³-hybridized carbons (Fsp3) is 0.348. The number of quaternary nitrogens is 1. The fourth-order valence-corrected chi connectivity index (χ4v) is 4.63. The molecule has 0 spiro atoms. The summed E-state index contributed by atoms with van der Waals surface area (Å²) in [7, 11) is 0. The molecule has 138 valence electrons. The van der Waals surface area contributed by atoms with E-state index >= 15 is 0 Å². The van der Waals surface area contributed by atoms with Gasteiger partial charge in [0.25, 0.3) is 0 Å². The van der Waals surface area contributed by atoms with Crippen LogP contribution in [0.15, 0.2) is 51.7 Å². The zero-order valence-corrected chi connectivity index (χ0v) is 15.6. The molecule has 1 aliphatic heterocycles. The van der Waals surface area contributed by atoms with Crippen molar-refractivity contribution >= 4 is 11.0 Å². The lowest BCUT2D eigenvalue weighted by Crippen LogP contribution is -3.12. The molecule has 1 N–H and O–H groups in total. The van der Waals surface area contributed by atoms with Gasteiger partial charge in [0, 0.05) is 16.9 Å². The van der Waals surface area contributed by atoms with Crippen LogP contribution in [-0.2, 0) is 19.4 Å². The van der Waals surface area contributed by atoms with Gasteiger partial charge in [0.05, 0.1) is 12.1 Å². The van der Waals surface area contributed by atoms with Crippen LogP contribution in [0, 0.1) is 0 Å². The molecule has 2 heterocycles. The lowest BCUT2D eigenvalue weighted by atomic mass is 9.99. The van der Waals surface area contributed by atoms with E-state index < -0.39 is 0 Å². The highest BCUT2D eigenvalue weighted by Gasteiger charge is 2.28. The van der Waals surface area contributed by atoms with Crippen molar-refractivity contribution in [2.75, 3.05) is 13.3 Å². The largest absolute Gasteiger partial charge is 0.445 e. The summed E-state index contributed by atoms with van der Waals surface area (Å²) < 4.78 is 11.8. The highest BCUT2D eigenvalue weighted by molar-refractivity contribution is 5.86. The van der Waals surface area contributed by atoms with Crippen LogP contribution in [0.3, 0.4) is 0 Å². The second-order valence-electron chi connectivity index (χ2n) is 7.85. The lowest BCUT2D eigenvalue weighted by molar-refractivity contribution is -0.933. The standard InChI is InChI=1S/C23H23NO3/c1-15(16-6-3-2-4-7-16)12-24-13-20-21(26-14-24)11-10-18-17-8-5-9-19(17)23(25)27-22(18)20/h2-4,6-7,10-11,15H,5,8-9,12-14H2,1H3/p+1/t15-/m0/s1. The fourth-order valence-electron chi connectivity index (χ4n) is 4.63. The van der Waals surface area contributed by atoms with E-state index in [-0.39, 0.29) is 5.63 Å². The first-order chi connectivity index (χ1) is 13.2. The Balaban J connectivity index is 1.49. The number of ether oxygens (including phenoxy) is 1. The van der Waals surface area contributed by atoms with Gasteiger partial charge < -0.3 is 9.15 Å². The van der Waals surface area contributed by atoms with E-state index in [4.69, 9.17) is 9.15 Å². The number of rotatable bonds is 3. The number of aryl methyl sites for hydroxylation is 1. The van der Waals surface area contributed by atoms with Crippen LogP contribution >= 0.6 is 0 Å². The van der Waals surface area contributed by atoms with Crippen molar-refractivity contribution in [2.45, 2.75) is 38.6 Å². The SMILES string of the molecule is C[C@@H](C[NH+]1COc2ccc3c4c(c(=O)oc3c2C1)CCC4)c1ccccc1. The van der Waals surface area contributed by atoms with Crippen molar-refractivity contribution in [3.8, 4) is 5.75 Å². The van der Waals surface area contributed by atoms with Crippen molar-refractivity contribution in [2.24, 2.45) is 0 Å². The molecular formula is C23H24NO3+. The van der Waals surface area contributed by atoms with Gasteiger partial charge in [0.15, 0.2) is 5.58 Å². The molecule has 27 heavy (non-hydrogen) atoms. The smallest absolute Gasteiger partial charge is 0.339 e. The summed E-state index contributed by atoms with van der Waals surface area (Å²) >= 11 is 0. The summed E-state index contributed by atoms with van der Waals surface area (Å²) in [6.07, 6.45) is 2.85. The van der Waals surface area contributed by atoms with Gasteiger partial charge >= 0.3 is 5.63 Å². The Morgan fingerprint density at radius 1 is 1.04 bits per heavy atom. The molecular weight excluding hydrogens is 338 g/mol. The first-order valence-corrected chi connectivity index (χ1v) is 9.82. The van der Waals surface area contributed by atoms with Crippen molar-refractivity contribution in [1.82, 2.24) is 0 Å². The molecule has 5 rings (SSSR count). The third kappa shape index (κ3) is 2.85. The van der Waals surface area contributed by atoms with Gasteiger partial charge in [-0.3, -0.25) is 4.90 Å². The van der Waals surface area contributed by atoms with E-state index in [1.54, 1.807) is 0 Å². The molecule has 1 unspecified atom stereocenters. The van der Waals surface area contributed by atoms with Crippen LogP contribution in [0.1, 0.15) is 41.5 Å². The highest BCUT2D eigenvalue weighted by Crippen LogP contribution is 2.34. The quantitative estimate of drug-likeness (QED) is 0.729. The third-order valence-electron chi connectivity index (χ3n) is 6.02. The summed E-state index contributed by atoms with van der Waals surface area (Å²) in [5, 5.41) is 1.10. The van der Waals surface area contributed by atoms with E-state index in [1.165, 1.54) is 16.0 Å². The molecule has 0 bridgehead atoms. The lowest BCUT2D eigenvalue weighted by Gasteiger charge is -2.28. The van der Waals surface area contributed by atoms with E-state index in [9.17, 15) is 4.79 Å². The van der Waals surface area contributed by atoms with Gasteiger partial charge in [-0.25, -0.2) is 4.79 Å². The Kier molecular flexibility index (Phi) is 4.01. The van der Waals surface area contributed by atoms with Gasteiger partial charge in [-0.1, -0.05) is 37.3 Å². The zero-order chi connectivity index (χ0) is 18.4. The van der Waals surface area contributed by atoms with Gasteiger partial charge in [-0.2, -0.15) is 0 Å². The molecule has 2 aliphatic rings. The number of hydrogen-bond donors (Lipinski definition) is 1. The van der Waals surface area contributed by atoms with E-state index in [1.807, 2.05) is 6.07 Å². The van der Waals surface area contributed by atoms with Crippen LogP contribution in [0.4, 0.5) is 0 Å². The maximum Gasteiger partial charge on any atom is 0.339 e. The van der Waals surface area contributed by atoms with Crippen LogP contribution in [0.25, 0.3) is 11.0 Å². The summed E-state index contributed by atoms with van der Waals surface area (Å²) in [6, 6.07) is 14.7. The van der Waals surface area contributed by atoms with Crippen LogP contribution in [0.5, 0.6) is 5.75 Å². The summed E-state index contributed by atoms with van der Waals surface area (Å²) in [5.41, 5.74) is 5.03. The summed E-state index contributed by atoms with van der Waals surface area (Å²) in [5.74, 6) is 1.30. The van der Waals surface area contributed by atoms with Crippen molar-refractivity contribution in [3.05, 3.63) is 75.1 Å². The Morgan fingerprint density at radius 3 is 2.70 bits per heavy atom. The molecule has 1 aromatic heterocycles. The van der Waals surface area contributed by atoms with E-state index in [0.29, 0.717) is 12.6 Å². The Morgan fingerprint density at radius 2 is 1.85 bits per heavy atom. The monoisotopic (exact) mass is 362 g/mol. The first kappa shape index (κ1) is 16.6. The average molecular weight is 362 g/mol. The molecule has 4 nitrogen and oxygen atoms in total. The van der Waals surface area contributed by atoms with Crippen molar-refractivity contribution in [3.63, 3.8) is 0 Å². The third-order valence-corrected chi connectivity index (χ3v) is 6.02. The maximum atomic E-state index is 12.4. The van der Waals surface area contributed by atoms with Gasteiger partial charge in [-0.15, -0.1) is 0 Å². The Labute approximate surface area is 158 Å². The highest BCUT2D eigenvalue weighted by atomic mass is 16.5. The van der Waals surface area contributed by atoms with Crippen LogP contribution in [0.2, 0.25) is 0 Å². The predicted octanol–water partition coefficient (Wildman–Crippen LogP) is 2.82. The number of nitrogens with one attached hydrogen (secondary N) is 1. The normalized spacial score (nSPS) is 19.4. The van der Waals surface area contributed by atoms with Gasteiger partial charge in [0.2, 0.25) is 6.73 Å². The number of fused-ring (bicyclic) bond motifs is 5. The minimum absolute atomic E-state index is 0.159. The topological polar surface area (TPSA) is 43.9 Å². The van der Waals surface area contributed by atoms with Crippen LogP contribution in [-0.4, -0.2) is 13.3 Å². The molecule has 0 radical (unpaired) electrons. The van der Waals surface area contributed by atoms with Crippen molar-refractivity contribution in [1.29, 1.82) is 0 Å². The Bertz CT molecular complexity index is 1050. The minimum Gasteiger partial charge on any atom is -0.445 e. The predicted molar refractivity (Wildman–Crippen MR) is 104 cm³/mol. The molecule has 0 saturated heterocycles. The molecule has 4 heteroatoms. The van der Waals surface area contributed by atoms with Gasteiger partial charge in [0.1, 0.15) is 12.3 Å². The maximum absolute atomic E-state index is 12.4.